The van der Waals surface area contributed by atoms with Crippen LogP contribution in [0.2, 0.25) is 5.02 Å². The number of carbonyl (C=O) groups is 1. The zero-order valence-electron chi connectivity index (χ0n) is 10.9. The Bertz CT molecular complexity index is 906. The van der Waals surface area contributed by atoms with Gasteiger partial charge in [0.05, 0.1) is 16.7 Å². The maximum absolute atomic E-state index is 12.7. The molecule has 0 amide bonds. The molecule has 0 saturated carbocycles. The van der Waals surface area contributed by atoms with Crippen LogP contribution in [0.4, 0.5) is 5.69 Å². The molecule has 5 heteroatoms. The summed E-state index contributed by atoms with van der Waals surface area (Å²) >= 11 is 6.08. The average molecular weight is 296 g/mol. The van der Waals surface area contributed by atoms with Crippen LogP contribution in [0.25, 0.3) is 10.9 Å². The Morgan fingerprint density at radius 3 is 2.76 bits per heavy atom. The fourth-order valence-corrected chi connectivity index (χ4v) is 2.44. The number of nitrogens with two attached hydrogens (primary N) is 1. The van der Waals surface area contributed by atoms with E-state index in [0.29, 0.717) is 32.8 Å². The second-order valence-corrected chi connectivity index (χ2v) is 5.05. The summed E-state index contributed by atoms with van der Waals surface area (Å²) in [5, 5.41) is 10.0. The van der Waals surface area contributed by atoms with Crippen molar-refractivity contribution in [3.63, 3.8) is 0 Å². The molecule has 0 aliphatic rings. The number of hydrogen-bond donors (Lipinski definition) is 2. The number of H-pyrrole nitrogens is 1. The minimum Gasteiger partial charge on any atom is -0.399 e. The first-order valence-corrected chi connectivity index (χ1v) is 6.59. The molecule has 4 nitrogen and oxygen atoms in total. The van der Waals surface area contributed by atoms with Gasteiger partial charge in [0.2, 0.25) is 0 Å². The monoisotopic (exact) mass is 295 g/mol. The average Bonchev–Trinajstić information content (AvgIpc) is 2.91. The van der Waals surface area contributed by atoms with Gasteiger partial charge in [-0.2, -0.15) is 5.26 Å². The molecule has 0 atom stereocenters. The van der Waals surface area contributed by atoms with E-state index in [1.54, 1.807) is 42.6 Å². The first kappa shape index (κ1) is 13.2. The number of nitriles is 1. The summed E-state index contributed by atoms with van der Waals surface area (Å²) in [6, 6.07) is 12.0. The smallest absolute Gasteiger partial charge is 0.196 e. The van der Waals surface area contributed by atoms with Crippen LogP contribution in [0.15, 0.2) is 42.6 Å². The van der Waals surface area contributed by atoms with E-state index in [2.05, 4.69) is 11.1 Å². The summed E-state index contributed by atoms with van der Waals surface area (Å²) < 4.78 is 0. The first-order chi connectivity index (χ1) is 10.1. The highest BCUT2D eigenvalue weighted by atomic mass is 35.5. The molecule has 1 heterocycles. The van der Waals surface area contributed by atoms with Gasteiger partial charge in [0.1, 0.15) is 0 Å². The Morgan fingerprint density at radius 1 is 1.19 bits per heavy atom. The van der Waals surface area contributed by atoms with Crippen LogP contribution in [0, 0.1) is 11.3 Å². The second-order valence-electron chi connectivity index (χ2n) is 4.64. The quantitative estimate of drug-likeness (QED) is 0.560. The van der Waals surface area contributed by atoms with E-state index in [4.69, 9.17) is 22.6 Å². The normalized spacial score (nSPS) is 10.5. The SMILES string of the molecule is N#Cc1ccc2[nH]cc(C(=O)c3cc(N)ccc3Cl)c2c1. The fraction of sp³-hybridized carbons (Fsp3) is 0. The van der Waals surface area contributed by atoms with Crippen molar-refractivity contribution < 1.29 is 4.79 Å². The molecule has 0 unspecified atom stereocenters. The molecule has 0 saturated heterocycles. The molecule has 102 valence electrons. The lowest BCUT2D eigenvalue weighted by Gasteiger charge is -2.04. The van der Waals surface area contributed by atoms with Crippen LogP contribution in [-0.4, -0.2) is 10.8 Å². The van der Waals surface area contributed by atoms with Crippen LogP contribution < -0.4 is 5.73 Å². The molecule has 3 aromatic rings. The van der Waals surface area contributed by atoms with E-state index < -0.39 is 0 Å². The third-order valence-electron chi connectivity index (χ3n) is 3.29. The highest BCUT2D eigenvalue weighted by Gasteiger charge is 2.17. The Morgan fingerprint density at radius 2 is 2.00 bits per heavy atom. The van der Waals surface area contributed by atoms with Gasteiger partial charge in [0, 0.05) is 33.9 Å². The van der Waals surface area contributed by atoms with Gasteiger partial charge in [-0.25, -0.2) is 0 Å². The summed E-state index contributed by atoms with van der Waals surface area (Å²) in [6.45, 7) is 0. The highest BCUT2D eigenvalue weighted by Crippen LogP contribution is 2.26. The molecule has 0 bridgehead atoms. The number of ketones is 1. The van der Waals surface area contributed by atoms with Crippen molar-refractivity contribution >= 4 is 34.0 Å². The minimum atomic E-state index is -0.228. The van der Waals surface area contributed by atoms with E-state index >= 15 is 0 Å². The molecule has 2 aromatic carbocycles. The minimum absolute atomic E-state index is 0.228. The number of halogens is 1. The lowest BCUT2D eigenvalue weighted by atomic mass is 10.0. The molecule has 21 heavy (non-hydrogen) atoms. The third kappa shape index (κ3) is 2.24. The van der Waals surface area contributed by atoms with Gasteiger partial charge in [-0.05, 0) is 36.4 Å². The number of aromatic amines is 1. The van der Waals surface area contributed by atoms with Crippen molar-refractivity contribution in [3.05, 3.63) is 64.3 Å². The van der Waals surface area contributed by atoms with Crippen molar-refractivity contribution in [3.8, 4) is 6.07 Å². The standard InChI is InChI=1S/C16H10ClN3O/c17-14-3-2-10(19)6-12(14)16(21)13-8-20-15-4-1-9(7-18)5-11(13)15/h1-6,8,20H,19H2. The topological polar surface area (TPSA) is 82.7 Å². The maximum atomic E-state index is 12.7. The van der Waals surface area contributed by atoms with E-state index in [1.807, 2.05) is 0 Å². The van der Waals surface area contributed by atoms with E-state index in [0.717, 1.165) is 5.52 Å². The van der Waals surface area contributed by atoms with Gasteiger partial charge in [0.25, 0.3) is 0 Å². The lowest BCUT2D eigenvalue weighted by Crippen LogP contribution is -2.02. The fourth-order valence-electron chi connectivity index (χ4n) is 2.24. The Labute approximate surface area is 125 Å². The molecule has 0 spiro atoms. The number of carbonyl (C=O) groups excluding carboxylic acids is 1. The number of nitrogen functional groups attached to an aromatic ring is 1. The molecule has 1 aromatic heterocycles. The Kier molecular flexibility index (Phi) is 3.13. The second kappa shape index (κ2) is 4.97. The number of aromatic nitrogens is 1. The molecule has 3 rings (SSSR count). The number of nitrogens with zero attached hydrogens (tertiary/aromatic N) is 1. The Balaban J connectivity index is 2.18. The molecule has 0 aliphatic carbocycles. The number of rotatable bonds is 2. The summed E-state index contributed by atoms with van der Waals surface area (Å²) in [5.74, 6) is -0.228. The van der Waals surface area contributed by atoms with Gasteiger partial charge >= 0.3 is 0 Å². The zero-order chi connectivity index (χ0) is 15.0. The van der Waals surface area contributed by atoms with Crippen LogP contribution in [0.3, 0.4) is 0 Å². The molecular weight excluding hydrogens is 286 g/mol. The van der Waals surface area contributed by atoms with Crippen molar-refractivity contribution in [2.75, 3.05) is 5.73 Å². The molecule has 0 radical (unpaired) electrons. The number of benzene rings is 2. The highest BCUT2D eigenvalue weighted by molar-refractivity contribution is 6.35. The number of fused-ring (bicyclic) bond motifs is 1. The van der Waals surface area contributed by atoms with Crippen LogP contribution >= 0.6 is 11.6 Å². The number of anilines is 1. The van der Waals surface area contributed by atoms with E-state index in [9.17, 15) is 4.79 Å². The predicted molar refractivity (Wildman–Crippen MR) is 82.3 cm³/mol. The lowest BCUT2D eigenvalue weighted by molar-refractivity contribution is 0.104. The summed E-state index contributed by atoms with van der Waals surface area (Å²) in [4.78, 5) is 15.7. The number of hydrogen-bond acceptors (Lipinski definition) is 3. The maximum Gasteiger partial charge on any atom is 0.196 e. The molecular formula is C16H10ClN3O. The van der Waals surface area contributed by atoms with Crippen LogP contribution in [-0.2, 0) is 0 Å². The van der Waals surface area contributed by atoms with Gasteiger partial charge in [-0.1, -0.05) is 11.6 Å². The first-order valence-electron chi connectivity index (χ1n) is 6.21. The van der Waals surface area contributed by atoms with Crippen LogP contribution in [0.5, 0.6) is 0 Å². The molecule has 0 aliphatic heterocycles. The van der Waals surface area contributed by atoms with E-state index in [-0.39, 0.29) is 5.78 Å². The summed E-state index contributed by atoms with van der Waals surface area (Å²) in [7, 11) is 0. The van der Waals surface area contributed by atoms with Gasteiger partial charge in [-0.15, -0.1) is 0 Å². The van der Waals surface area contributed by atoms with E-state index in [1.165, 1.54) is 0 Å². The van der Waals surface area contributed by atoms with Crippen molar-refractivity contribution in [2.24, 2.45) is 0 Å². The van der Waals surface area contributed by atoms with Gasteiger partial charge < -0.3 is 10.7 Å². The van der Waals surface area contributed by atoms with Gasteiger partial charge in [0.15, 0.2) is 5.78 Å². The van der Waals surface area contributed by atoms with Crippen molar-refractivity contribution in [2.45, 2.75) is 0 Å². The molecule has 3 N–H and O–H groups in total. The Hall–Kier alpha value is -2.77. The van der Waals surface area contributed by atoms with Gasteiger partial charge in [-0.3, -0.25) is 4.79 Å². The van der Waals surface area contributed by atoms with Crippen molar-refractivity contribution in [1.29, 1.82) is 5.26 Å². The third-order valence-corrected chi connectivity index (χ3v) is 3.62. The van der Waals surface area contributed by atoms with Crippen LogP contribution in [0.1, 0.15) is 21.5 Å². The summed E-state index contributed by atoms with van der Waals surface area (Å²) in [5.41, 5.74) is 8.29. The molecule has 0 fully saturated rings. The number of nitrogens with one attached hydrogen (secondary N) is 1. The summed E-state index contributed by atoms with van der Waals surface area (Å²) in [6.07, 6.45) is 1.62. The zero-order valence-corrected chi connectivity index (χ0v) is 11.6. The van der Waals surface area contributed by atoms with Crippen molar-refractivity contribution in [1.82, 2.24) is 4.98 Å². The predicted octanol–water partition coefficient (Wildman–Crippen LogP) is 3.51. The largest absolute Gasteiger partial charge is 0.399 e.